The molecule has 0 saturated carbocycles. The van der Waals surface area contributed by atoms with Crippen LogP contribution in [0.4, 0.5) is 0 Å². The van der Waals surface area contributed by atoms with Gasteiger partial charge in [-0.15, -0.1) is 5.10 Å². The third-order valence-electron chi connectivity index (χ3n) is 0.745. The molecule has 3 heteroatoms. The first-order chi connectivity index (χ1) is 3.83. The zero-order chi connectivity index (χ0) is 5.98. The summed E-state index contributed by atoms with van der Waals surface area (Å²) >= 11 is 0. The van der Waals surface area contributed by atoms with E-state index in [2.05, 4.69) is 23.8 Å². The summed E-state index contributed by atoms with van der Waals surface area (Å²) in [6.45, 7) is 7.02. The van der Waals surface area contributed by atoms with E-state index in [1.807, 2.05) is 0 Å². The van der Waals surface area contributed by atoms with Crippen molar-refractivity contribution < 1.29 is 0 Å². The zero-order valence-corrected chi connectivity index (χ0v) is 4.41. The average Bonchev–Trinajstić information content (AvgIpc) is 2.14. The second-order valence-corrected chi connectivity index (χ2v) is 1.37. The van der Waals surface area contributed by atoms with Crippen molar-refractivity contribution in [1.29, 1.82) is 0 Å². The molecule has 8 heavy (non-hydrogen) atoms. The summed E-state index contributed by atoms with van der Waals surface area (Å²) in [7, 11) is 0. The van der Waals surface area contributed by atoms with E-state index in [0.29, 0.717) is 5.69 Å². The molecule has 0 aromatic carbocycles. The normalized spacial score (nSPS) is 9.12. The van der Waals surface area contributed by atoms with E-state index in [0.717, 1.165) is 0 Å². The molecule has 0 aliphatic carbocycles. The summed E-state index contributed by atoms with van der Waals surface area (Å²) in [5.74, 6) is 0. The van der Waals surface area contributed by atoms with Crippen LogP contribution in [-0.2, 0) is 0 Å². The lowest BCUT2D eigenvalue weighted by molar-refractivity contribution is 0.840. The summed E-state index contributed by atoms with van der Waals surface area (Å²) in [6, 6.07) is 0. The van der Waals surface area contributed by atoms with Gasteiger partial charge in [-0.25, -0.2) is 4.68 Å². The van der Waals surface area contributed by atoms with Gasteiger partial charge in [-0.2, -0.15) is 0 Å². The van der Waals surface area contributed by atoms with Crippen molar-refractivity contribution >= 4 is 6.20 Å². The zero-order valence-electron chi connectivity index (χ0n) is 4.41. The van der Waals surface area contributed by atoms with Crippen LogP contribution in [0.5, 0.6) is 0 Å². The van der Waals surface area contributed by atoms with E-state index in [4.69, 9.17) is 0 Å². The molecule has 0 N–H and O–H groups in total. The Labute approximate surface area is 47.6 Å². The van der Waals surface area contributed by atoms with E-state index in [1.54, 1.807) is 12.4 Å². The molecule has 1 rings (SSSR count). The molecule has 1 radical (unpaired) electrons. The standard InChI is InChI=1S/C5H6N3/c1-3-8-4-5(2)6-7-8/h3-4H,1-2H2. The molecular weight excluding hydrogens is 102 g/mol. The fourth-order valence-corrected chi connectivity index (χ4v) is 0.403. The van der Waals surface area contributed by atoms with Crippen LogP contribution in [0.3, 0.4) is 0 Å². The Morgan fingerprint density at radius 3 is 2.75 bits per heavy atom. The largest absolute Gasteiger partial charge is 0.228 e. The number of rotatable bonds is 1. The van der Waals surface area contributed by atoms with Gasteiger partial charge in [-0.05, 0) is 6.92 Å². The highest BCUT2D eigenvalue weighted by atomic mass is 15.4. The highest BCUT2D eigenvalue weighted by molar-refractivity contribution is 5.14. The van der Waals surface area contributed by atoms with Crippen molar-refractivity contribution in [3.05, 3.63) is 25.4 Å². The molecule has 0 fully saturated rings. The van der Waals surface area contributed by atoms with Gasteiger partial charge in [0.2, 0.25) is 0 Å². The molecular formula is C5H6N3. The monoisotopic (exact) mass is 108 g/mol. The predicted octanol–water partition coefficient (Wildman–Crippen LogP) is 0.561. The molecule has 0 saturated heterocycles. The van der Waals surface area contributed by atoms with Gasteiger partial charge in [0.05, 0.1) is 11.9 Å². The third kappa shape index (κ3) is 0.753. The first-order valence-corrected chi connectivity index (χ1v) is 2.19. The summed E-state index contributed by atoms with van der Waals surface area (Å²) in [5.41, 5.74) is 0.657. The van der Waals surface area contributed by atoms with Crippen LogP contribution in [0.2, 0.25) is 0 Å². The topological polar surface area (TPSA) is 30.7 Å². The van der Waals surface area contributed by atoms with E-state index in [9.17, 15) is 0 Å². The van der Waals surface area contributed by atoms with E-state index in [1.165, 1.54) is 4.68 Å². The van der Waals surface area contributed by atoms with Gasteiger partial charge >= 0.3 is 0 Å². The van der Waals surface area contributed by atoms with Crippen molar-refractivity contribution in [3.8, 4) is 0 Å². The molecule has 0 atom stereocenters. The molecule has 3 nitrogen and oxygen atoms in total. The van der Waals surface area contributed by atoms with Gasteiger partial charge in [0.25, 0.3) is 0 Å². The van der Waals surface area contributed by atoms with Crippen LogP contribution in [0.15, 0.2) is 12.8 Å². The third-order valence-corrected chi connectivity index (χ3v) is 0.745. The van der Waals surface area contributed by atoms with Crippen LogP contribution in [0, 0.1) is 6.92 Å². The van der Waals surface area contributed by atoms with Crippen molar-refractivity contribution in [3.63, 3.8) is 0 Å². The van der Waals surface area contributed by atoms with E-state index < -0.39 is 0 Å². The Hall–Kier alpha value is -1.12. The lowest BCUT2D eigenvalue weighted by atomic mass is 10.6. The molecule has 0 amide bonds. The number of hydrogen-bond acceptors (Lipinski definition) is 2. The van der Waals surface area contributed by atoms with E-state index in [-0.39, 0.29) is 0 Å². The molecule has 1 aromatic rings. The SMILES string of the molecule is [CH2]c1cn(C=C)nn1. The lowest BCUT2D eigenvalue weighted by Gasteiger charge is -1.78. The van der Waals surface area contributed by atoms with Gasteiger partial charge in [0, 0.05) is 6.20 Å². The van der Waals surface area contributed by atoms with Gasteiger partial charge < -0.3 is 0 Å². The fourth-order valence-electron chi connectivity index (χ4n) is 0.403. The second kappa shape index (κ2) is 1.78. The quantitative estimate of drug-likeness (QED) is 0.526. The van der Waals surface area contributed by atoms with Gasteiger partial charge in [0.15, 0.2) is 0 Å². The Morgan fingerprint density at radius 2 is 2.50 bits per heavy atom. The fraction of sp³-hybridized carbons (Fsp3) is 0. The van der Waals surface area contributed by atoms with Crippen LogP contribution in [0.25, 0.3) is 6.20 Å². The summed E-state index contributed by atoms with van der Waals surface area (Å²) in [4.78, 5) is 0. The molecule has 0 unspecified atom stereocenters. The molecule has 41 valence electrons. The molecule has 0 bridgehead atoms. The average molecular weight is 108 g/mol. The number of aromatic nitrogens is 3. The minimum absolute atomic E-state index is 0.657. The summed E-state index contributed by atoms with van der Waals surface area (Å²) < 4.78 is 1.50. The second-order valence-electron chi connectivity index (χ2n) is 1.37. The number of nitrogens with zero attached hydrogens (tertiary/aromatic N) is 3. The van der Waals surface area contributed by atoms with Crippen LogP contribution < -0.4 is 0 Å². The Morgan fingerprint density at radius 1 is 1.75 bits per heavy atom. The first-order valence-electron chi connectivity index (χ1n) is 2.19. The van der Waals surface area contributed by atoms with Crippen LogP contribution in [0.1, 0.15) is 5.69 Å². The Kier molecular flexibility index (Phi) is 1.12. The predicted molar refractivity (Wildman–Crippen MR) is 30.9 cm³/mol. The smallest absolute Gasteiger partial charge is 0.0835 e. The van der Waals surface area contributed by atoms with Crippen molar-refractivity contribution in [2.75, 3.05) is 0 Å². The molecule has 0 spiro atoms. The van der Waals surface area contributed by atoms with Gasteiger partial charge in [-0.1, -0.05) is 11.8 Å². The van der Waals surface area contributed by atoms with Gasteiger partial charge in [0.1, 0.15) is 0 Å². The summed E-state index contributed by atoms with van der Waals surface area (Å²) in [6.07, 6.45) is 3.24. The molecule has 1 heterocycles. The molecule has 0 aliphatic rings. The Balaban J connectivity index is 3.00. The number of hydrogen-bond donors (Lipinski definition) is 0. The van der Waals surface area contributed by atoms with Gasteiger partial charge in [-0.3, -0.25) is 0 Å². The maximum absolute atomic E-state index is 3.62. The molecule has 0 aliphatic heterocycles. The Bertz CT molecular complexity index is 189. The maximum Gasteiger partial charge on any atom is 0.0835 e. The van der Waals surface area contributed by atoms with E-state index >= 15 is 0 Å². The van der Waals surface area contributed by atoms with Crippen molar-refractivity contribution in [2.24, 2.45) is 0 Å². The maximum atomic E-state index is 3.62. The minimum atomic E-state index is 0.657. The molecule has 1 aromatic heterocycles. The van der Waals surface area contributed by atoms with Crippen molar-refractivity contribution in [2.45, 2.75) is 0 Å². The van der Waals surface area contributed by atoms with Crippen LogP contribution >= 0.6 is 0 Å². The van der Waals surface area contributed by atoms with Crippen molar-refractivity contribution in [1.82, 2.24) is 15.0 Å². The highest BCUT2D eigenvalue weighted by Crippen LogP contribution is 1.86. The minimum Gasteiger partial charge on any atom is -0.228 e. The first kappa shape index (κ1) is 5.03. The summed E-state index contributed by atoms with van der Waals surface area (Å²) in [5, 5.41) is 7.24. The van der Waals surface area contributed by atoms with Crippen LogP contribution in [-0.4, -0.2) is 15.0 Å². The highest BCUT2D eigenvalue weighted by Gasteiger charge is 1.86. The lowest BCUT2D eigenvalue weighted by Crippen LogP contribution is -1.83.